The lowest BCUT2D eigenvalue weighted by atomic mass is 10.8. The van der Waals surface area contributed by atoms with Gasteiger partial charge in [0.1, 0.15) is 0 Å². The van der Waals surface area contributed by atoms with Crippen molar-refractivity contribution in [1.82, 2.24) is 0 Å². The number of carbonyl (C=O) groups excluding carboxylic acids is 1. The first-order chi connectivity index (χ1) is 2.77. The lowest BCUT2D eigenvalue weighted by molar-refractivity contribution is -0.140. The molecule has 0 fully saturated rings. The largest absolute Gasteiger partial charge is 0.466 e. The molecule has 0 saturated carbocycles. The predicted molar refractivity (Wildman–Crippen MR) is 40.4 cm³/mol. The smallest absolute Gasteiger partial charge is 0.302 e. The van der Waals surface area contributed by atoms with Gasteiger partial charge in [0.05, 0.1) is 6.61 Å². The van der Waals surface area contributed by atoms with E-state index in [-0.39, 0.29) is 33.4 Å². The molecule has 11 heavy (non-hydrogen) atoms. The zero-order chi connectivity index (χ0) is 4.99. The summed E-state index contributed by atoms with van der Waals surface area (Å²) in [5.74, 6) is -0.211. The van der Waals surface area contributed by atoms with Gasteiger partial charge in [-0.2, -0.15) is 0 Å². The monoisotopic (exact) mass is 178 g/mol. The molecule has 0 aliphatic carbocycles. The third-order valence-electron chi connectivity index (χ3n) is 0.348. The van der Waals surface area contributed by atoms with E-state index in [2.05, 4.69) is 4.74 Å². The molecule has 0 amide bonds. The minimum atomic E-state index is -0.211. The van der Waals surface area contributed by atoms with Crippen molar-refractivity contribution in [1.29, 1.82) is 0 Å². The molecule has 7 nitrogen and oxygen atoms in total. The molecule has 0 spiro atoms. The summed E-state index contributed by atoms with van der Waals surface area (Å²) in [4.78, 5) is 9.82. The molecule has 0 aromatic rings. The molecular weight excluding hydrogens is 160 g/mol. The third kappa shape index (κ3) is 95.1. The van der Waals surface area contributed by atoms with E-state index in [9.17, 15) is 4.79 Å². The van der Waals surface area contributed by atoms with Crippen molar-refractivity contribution >= 4 is 5.97 Å². The molecule has 0 atom stereocenters. The van der Waals surface area contributed by atoms with E-state index in [0.29, 0.717) is 6.61 Å². The van der Waals surface area contributed by atoms with Gasteiger partial charge < -0.3 is 32.1 Å². The minimum Gasteiger partial charge on any atom is -0.466 e. The zero-order valence-corrected chi connectivity index (χ0v) is 6.52. The molecular formula is C4H18O7. The summed E-state index contributed by atoms with van der Waals surface area (Å²) >= 11 is 0. The van der Waals surface area contributed by atoms with E-state index in [0.717, 1.165) is 0 Å². The standard InChI is InChI=1S/C4H8O2.5H2O/c1-3-6-4(2)5;;;;;/h3H2,1-2H3;5*1H2. The van der Waals surface area contributed by atoms with Gasteiger partial charge in [0.15, 0.2) is 0 Å². The average molecular weight is 178 g/mol. The van der Waals surface area contributed by atoms with E-state index < -0.39 is 0 Å². The second kappa shape index (κ2) is 34.8. The van der Waals surface area contributed by atoms with Crippen LogP contribution in [0, 0.1) is 0 Å². The maximum atomic E-state index is 9.82. The summed E-state index contributed by atoms with van der Waals surface area (Å²) in [6, 6.07) is 0. The van der Waals surface area contributed by atoms with Gasteiger partial charge in [0.2, 0.25) is 0 Å². The van der Waals surface area contributed by atoms with Crippen LogP contribution in [0.3, 0.4) is 0 Å². The molecule has 0 rings (SSSR count). The van der Waals surface area contributed by atoms with E-state index in [1.165, 1.54) is 6.92 Å². The van der Waals surface area contributed by atoms with Gasteiger partial charge >= 0.3 is 5.97 Å². The van der Waals surface area contributed by atoms with Crippen LogP contribution in [0.25, 0.3) is 0 Å². The zero-order valence-electron chi connectivity index (χ0n) is 6.52. The van der Waals surface area contributed by atoms with Crippen molar-refractivity contribution in [2.24, 2.45) is 0 Å². The average Bonchev–Trinajstić information content (AvgIpc) is 1.35. The fraction of sp³-hybridized carbons (Fsp3) is 0.750. The molecule has 0 saturated heterocycles. The van der Waals surface area contributed by atoms with Crippen molar-refractivity contribution in [2.75, 3.05) is 6.61 Å². The Morgan fingerprint density at radius 2 is 1.36 bits per heavy atom. The maximum absolute atomic E-state index is 9.82. The molecule has 0 aromatic carbocycles. The van der Waals surface area contributed by atoms with E-state index in [4.69, 9.17) is 0 Å². The molecule has 0 aliphatic heterocycles. The Bertz CT molecular complexity index is 54.4. The van der Waals surface area contributed by atoms with Gasteiger partial charge in [-0.15, -0.1) is 0 Å². The Labute approximate surface area is 64.5 Å². The van der Waals surface area contributed by atoms with Crippen LogP contribution in [0.4, 0.5) is 0 Å². The van der Waals surface area contributed by atoms with Crippen LogP contribution in [0.1, 0.15) is 13.8 Å². The van der Waals surface area contributed by atoms with Crippen LogP contribution < -0.4 is 0 Å². The van der Waals surface area contributed by atoms with Gasteiger partial charge in [-0.05, 0) is 6.92 Å². The summed E-state index contributed by atoms with van der Waals surface area (Å²) in [6.45, 7) is 3.65. The van der Waals surface area contributed by atoms with Gasteiger partial charge in [-0.3, -0.25) is 4.79 Å². The normalized spacial score (nSPS) is 4.18. The number of esters is 1. The van der Waals surface area contributed by atoms with E-state index >= 15 is 0 Å². The first-order valence-corrected chi connectivity index (χ1v) is 1.90. The lowest BCUT2D eigenvalue weighted by Crippen LogP contribution is -1.95. The quantitative estimate of drug-likeness (QED) is 0.376. The SMILES string of the molecule is CCOC(C)=O.O.O.O.O.O. The first kappa shape index (κ1) is 48.4. The van der Waals surface area contributed by atoms with Crippen LogP contribution in [0.15, 0.2) is 0 Å². The summed E-state index contributed by atoms with van der Waals surface area (Å²) in [5.41, 5.74) is 0. The molecule has 0 bridgehead atoms. The Morgan fingerprint density at radius 1 is 1.09 bits per heavy atom. The Morgan fingerprint density at radius 3 is 1.36 bits per heavy atom. The van der Waals surface area contributed by atoms with Crippen molar-refractivity contribution in [3.05, 3.63) is 0 Å². The highest BCUT2D eigenvalue weighted by molar-refractivity contribution is 5.65. The van der Waals surface area contributed by atoms with Crippen LogP contribution in [-0.2, 0) is 9.53 Å². The summed E-state index contributed by atoms with van der Waals surface area (Å²) in [7, 11) is 0. The van der Waals surface area contributed by atoms with Gasteiger partial charge in [-0.1, -0.05) is 0 Å². The molecule has 76 valence electrons. The van der Waals surface area contributed by atoms with Crippen molar-refractivity contribution in [2.45, 2.75) is 13.8 Å². The van der Waals surface area contributed by atoms with Crippen LogP contribution in [0.5, 0.6) is 0 Å². The van der Waals surface area contributed by atoms with Crippen molar-refractivity contribution in [3.8, 4) is 0 Å². The topological polar surface area (TPSA) is 184 Å². The van der Waals surface area contributed by atoms with Gasteiger partial charge in [-0.25, -0.2) is 0 Å². The number of rotatable bonds is 1. The first-order valence-electron chi connectivity index (χ1n) is 1.90. The molecule has 7 heteroatoms. The summed E-state index contributed by atoms with van der Waals surface area (Å²) in [5, 5.41) is 0. The molecule has 0 aromatic heterocycles. The molecule has 10 N–H and O–H groups in total. The van der Waals surface area contributed by atoms with Crippen LogP contribution in [-0.4, -0.2) is 40.0 Å². The summed E-state index contributed by atoms with van der Waals surface area (Å²) < 4.78 is 4.40. The minimum absolute atomic E-state index is 0. The highest BCUT2D eigenvalue weighted by atomic mass is 16.5. The molecule has 0 radical (unpaired) electrons. The van der Waals surface area contributed by atoms with E-state index in [1.54, 1.807) is 6.92 Å². The van der Waals surface area contributed by atoms with Gasteiger partial charge in [0, 0.05) is 6.92 Å². The molecule has 0 unspecified atom stereocenters. The molecule has 0 aliphatic rings. The van der Waals surface area contributed by atoms with Gasteiger partial charge in [0.25, 0.3) is 0 Å². The maximum Gasteiger partial charge on any atom is 0.302 e. The fourth-order valence-corrected chi connectivity index (χ4v) is 0.203. The second-order valence-corrected chi connectivity index (χ2v) is 0.925. The second-order valence-electron chi connectivity index (χ2n) is 0.925. The van der Waals surface area contributed by atoms with Crippen molar-refractivity contribution in [3.63, 3.8) is 0 Å². The third-order valence-corrected chi connectivity index (χ3v) is 0.348. The van der Waals surface area contributed by atoms with Crippen molar-refractivity contribution < 1.29 is 36.9 Å². The summed E-state index contributed by atoms with van der Waals surface area (Å²) in [6.07, 6.45) is 0. The Kier molecular flexibility index (Phi) is 153. The number of carbonyl (C=O) groups is 1. The van der Waals surface area contributed by atoms with Crippen LogP contribution >= 0.6 is 0 Å². The number of ether oxygens (including phenoxy) is 1. The Balaban J connectivity index is -0.0000000125. The lowest BCUT2D eigenvalue weighted by Gasteiger charge is -1.89. The van der Waals surface area contributed by atoms with E-state index in [1.807, 2.05) is 0 Å². The number of hydrogen-bond acceptors (Lipinski definition) is 2. The van der Waals surface area contributed by atoms with Crippen LogP contribution in [0.2, 0.25) is 0 Å². The highest BCUT2D eigenvalue weighted by Gasteiger charge is 1.81. The predicted octanol–water partition coefficient (Wildman–Crippen LogP) is -3.55. The highest BCUT2D eigenvalue weighted by Crippen LogP contribution is 1.69. The fourth-order valence-electron chi connectivity index (χ4n) is 0.203. The number of hydrogen-bond donors (Lipinski definition) is 0. The molecule has 0 heterocycles. The Hall–Kier alpha value is -0.730.